The predicted molar refractivity (Wildman–Crippen MR) is 67.8 cm³/mol. The Morgan fingerprint density at radius 1 is 1.44 bits per heavy atom. The highest BCUT2D eigenvalue weighted by Gasteiger charge is 2.28. The molecular weight excluding hydrogens is 260 g/mol. The fraction of sp³-hybridized carbons (Fsp3) is 0.900. The number of carbonyl (C=O) groups is 1. The fourth-order valence-electron chi connectivity index (χ4n) is 1.35. The SMILES string of the molecule is CCN(CCCNCC(C)(O)C(=O)O)S(C)(=O)=O. The molecule has 0 radical (unpaired) electrons. The van der Waals surface area contributed by atoms with Crippen LogP contribution in [-0.4, -0.2) is 66.9 Å². The molecule has 0 spiro atoms. The molecule has 3 N–H and O–H groups in total. The van der Waals surface area contributed by atoms with Crippen LogP contribution < -0.4 is 5.32 Å². The average Bonchev–Trinajstić information content (AvgIpc) is 2.21. The van der Waals surface area contributed by atoms with Crippen molar-refractivity contribution in [3.05, 3.63) is 0 Å². The van der Waals surface area contributed by atoms with Gasteiger partial charge >= 0.3 is 5.97 Å². The molecule has 1 atom stereocenters. The lowest BCUT2D eigenvalue weighted by Gasteiger charge is -2.20. The molecule has 0 bridgehead atoms. The first-order valence-electron chi connectivity index (χ1n) is 5.73. The van der Waals surface area contributed by atoms with Crippen molar-refractivity contribution in [2.24, 2.45) is 0 Å². The summed E-state index contributed by atoms with van der Waals surface area (Å²) in [6, 6.07) is 0. The van der Waals surface area contributed by atoms with Gasteiger partial charge in [-0.3, -0.25) is 0 Å². The summed E-state index contributed by atoms with van der Waals surface area (Å²) in [5.74, 6) is -1.29. The minimum atomic E-state index is -3.18. The summed E-state index contributed by atoms with van der Waals surface area (Å²) in [4.78, 5) is 10.6. The molecule has 0 heterocycles. The fourth-order valence-corrected chi connectivity index (χ4v) is 2.28. The summed E-state index contributed by atoms with van der Waals surface area (Å²) in [7, 11) is -3.18. The summed E-state index contributed by atoms with van der Waals surface area (Å²) in [5.41, 5.74) is -1.80. The lowest BCUT2D eigenvalue weighted by molar-refractivity contribution is -0.156. The van der Waals surface area contributed by atoms with E-state index < -0.39 is 21.6 Å². The van der Waals surface area contributed by atoms with E-state index in [1.165, 1.54) is 11.2 Å². The maximum atomic E-state index is 11.3. The molecule has 8 heteroatoms. The standard InChI is InChI=1S/C10H22N2O5S/c1-4-12(18(3,16)17)7-5-6-11-8-10(2,15)9(13)14/h11,15H,4-8H2,1-3H3,(H,13,14). The zero-order chi connectivity index (χ0) is 14.4. The van der Waals surface area contributed by atoms with E-state index in [-0.39, 0.29) is 6.54 Å². The van der Waals surface area contributed by atoms with Crippen molar-refractivity contribution in [2.75, 3.05) is 32.4 Å². The molecule has 0 fully saturated rings. The van der Waals surface area contributed by atoms with Crippen LogP contribution in [0.25, 0.3) is 0 Å². The number of carboxylic acids is 1. The zero-order valence-electron chi connectivity index (χ0n) is 11.0. The number of nitrogens with one attached hydrogen (secondary N) is 1. The molecule has 0 saturated heterocycles. The normalized spacial score (nSPS) is 15.6. The maximum Gasteiger partial charge on any atom is 0.336 e. The maximum absolute atomic E-state index is 11.3. The zero-order valence-corrected chi connectivity index (χ0v) is 11.8. The Hall–Kier alpha value is -0.700. The first-order chi connectivity index (χ1) is 8.11. The van der Waals surface area contributed by atoms with Crippen LogP contribution in [0.5, 0.6) is 0 Å². The molecule has 18 heavy (non-hydrogen) atoms. The lowest BCUT2D eigenvalue weighted by Crippen LogP contribution is -2.45. The molecule has 0 aromatic heterocycles. The van der Waals surface area contributed by atoms with Gasteiger partial charge in [-0.25, -0.2) is 17.5 Å². The summed E-state index contributed by atoms with van der Waals surface area (Å²) >= 11 is 0. The second-order valence-corrected chi connectivity index (χ2v) is 6.35. The van der Waals surface area contributed by atoms with Crippen molar-refractivity contribution >= 4 is 16.0 Å². The number of aliphatic hydroxyl groups is 1. The van der Waals surface area contributed by atoms with E-state index in [4.69, 9.17) is 5.11 Å². The second-order valence-electron chi connectivity index (χ2n) is 4.36. The van der Waals surface area contributed by atoms with E-state index in [0.29, 0.717) is 26.1 Å². The third-order valence-electron chi connectivity index (χ3n) is 2.51. The van der Waals surface area contributed by atoms with Crippen molar-refractivity contribution in [1.29, 1.82) is 0 Å². The van der Waals surface area contributed by atoms with Gasteiger partial charge in [-0.15, -0.1) is 0 Å². The Labute approximate surface area is 108 Å². The molecule has 0 aromatic rings. The lowest BCUT2D eigenvalue weighted by atomic mass is 10.1. The van der Waals surface area contributed by atoms with Gasteiger partial charge in [0.1, 0.15) is 0 Å². The third-order valence-corrected chi connectivity index (χ3v) is 3.89. The van der Waals surface area contributed by atoms with Gasteiger partial charge in [0.25, 0.3) is 0 Å². The van der Waals surface area contributed by atoms with Gasteiger partial charge in [0.15, 0.2) is 5.60 Å². The minimum absolute atomic E-state index is 0.0761. The van der Waals surface area contributed by atoms with E-state index >= 15 is 0 Å². The molecule has 0 aliphatic heterocycles. The van der Waals surface area contributed by atoms with E-state index in [2.05, 4.69) is 5.32 Å². The Bertz CT molecular complexity index is 366. The number of aliphatic carboxylic acids is 1. The van der Waals surface area contributed by atoms with Gasteiger partial charge in [-0.1, -0.05) is 6.92 Å². The number of sulfonamides is 1. The summed E-state index contributed by atoms with van der Waals surface area (Å²) in [6.07, 6.45) is 1.70. The van der Waals surface area contributed by atoms with Crippen LogP contribution in [0.1, 0.15) is 20.3 Å². The van der Waals surface area contributed by atoms with Gasteiger partial charge in [-0.2, -0.15) is 0 Å². The molecular formula is C10H22N2O5S. The van der Waals surface area contributed by atoms with Gasteiger partial charge in [0, 0.05) is 19.6 Å². The third kappa shape index (κ3) is 6.29. The Morgan fingerprint density at radius 2 is 2.00 bits per heavy atom. The van der Waals surface area contributed by atoms with Crippen molar-refractivity contribution in [2.45, 2.75) is 25.9 Å². The molecule has 0 rings (SSSR count). The van der Waals surface area contributed by atoms with Gasteiger partial charge in [0.2, 0.25) is 10.0 Å². The largest absolute Gasteiger partial charge is 0.479 e. The van der Waals surface area contributed by atoms with Crippen LogP contribution in [0, 0.1) is 0 Å². The Kier molecular flexibility index (Phi) is 6.76. The van der Waals surface area contributed by atoms with Crippen LogP contribution in [-0.2, 0) is 14.8 Å². The highest BCUT2D eigenvalue weighted by atomic mass is 32.2. The Balaban J connectivity index is 3.91. The smallest absolute Gasteiger partial charge is 0.336 e. The van der Waals surface area contributed by atoms with Crippen LogP contribution in [0.2, 0.25) is 0 Å². The topological polar surface area (TPSA) is 107 Å². The average molecular weight is 282 g/mol. The Morgan fingerprint density at radius 3 is 2.39 bits per heavy atom. The number of carboxylic acid groups (broad SMARTS) is 1. The first-order valence-corrected chi connectivity index (χ1v) is 7.57. The molecule has 0 saturated carbocycles. The quantitative estimate of drug-likeness (QED) is 0.472. The van der Waals surface area contributed by atoms with Crippen molar-refractivity contribution < 1.29 is 23.4 Å². The molecule has 0 aliphatic carbocycles. The predicted octanol–water partition coefficient (Wildman–Crippen LogP) is -0.917. The summed E-state index contributed by atoms with van der Waals surface area (Å²) in [5, 5.41) is 20.8. The van der Waals surface area contributed by atoms with Crippen molar-refractivity contribution in [3.63, 3.8) is 0 Å². The van der Waals surface area contributed by atoms with Crippen molar-refractivity contribution in [1.82, 2.24) is 9.62 Å². The molecule has 1 unspecified atom stereocenters. The van der Waals surface area contributed by atoms with Gasteiger partial charge < -0.3 is 15.5 Å². The molecule has 108 valence electrons. The van der Waals surface area contributed by atoms with Crippen LogP contribution in [0.15, 0.2) is 0 Å². The monoisotopic (exact) mass is 282 g/mol. The number of hydrogen-bond donors (Lipinski definition) is 3. The molecule has 0 aromatic carbocycles. The molecule has 7 nitrogen and oxygen atoms in total. The first kappa shape index (κ1) is 17.3. The molecule has 0 amide bonds. The summed E-state index contributed by atoms with van der Waals surface area (Å²) in [6.45, 7) is 4.10. The van der Waals surface area contributed by atoms with E-state index in [0.717, 1.165) is 6.26 Å². The number of hydrogen-bond acceptors (Lipinski definition) is 5. The van der Waals surface area contributed by atoms with E-state index in [9.17, 15) is 18.3 Å². The van der Waals surface area contributed by atoms with Crippen molar-refractivity contribution in [3.8, 4) is 0 Å². The van der Waals surface area contributed by atoms with Crippen LogP contribution in [0.3, 0.4) is 0 Å². The number of nitrogens with zero attached hydrogens (tertiary/aromatic N) is 1. The highest BCUT2D eigenvalue weighted by Crippen LogP contribution is 2.01. The van der Waals surface area contributed by atoms with Crippen LogP contribution in [0.4, 0.5) is 0 Å². The van der Waals surface area contributed by atoms with Gasteiger partial charge in [0.05, 0.1) is 6.26 Å². The van der Waals surface area contributed by atoms with Crippen LogP contribution >= 0.6 is 0 Å². The van der Waals surface area contributed by atoms with E-state index in [1.807, 2.05) is 0 Å². The molecule has 0 aliphatic rings. The minimum Gasteiger partial charge on any atom is -0.479 e. The highest BCUT2D eigenvalue weighted by molar-refractivity contribution is 7.88. The van der Waals surface area contributed by atoms with E-state index in [1.54, 1.807) is 6.92 Å². The number of rotatable bonds is 9. The summed E-state index contributed by atoms with van der Waals surface area (Å²) < 4.78 is 23.9. The second kappa shape index (κ2) is 7.03. The van der Waals surface area contributed by atoms with Gasteiger partial charge in [-0.05, 0) is 19.9 Å².